The van der Waals surface area contributed by atoms with Gasteiger partial charge in [0.25, 0.3) is 5.56 Å². The number of likely N-dealkylation sites (N-methyl/N-ethyl adjacent to an activating group) is 2. The summed E-state index contributed by atoms with van der Waals surface area (Å²) < 4.78 is 0.945. The van der Waals surface area contributed by atoms with Crippen LogP contribution in [0, 0.1) is 12.8 Å². The number of aromatic nitrogens is 2. The van der Waals surface area contributed by atoms with E-state index in [-0.39, 0.29) is 92.8 Å². The normalized spacial score (nSPS) is 21.3. The number of H-pyrrole nitrogens is 1. The third-order valence-electron chi connectivity index (χ3n) is 15.3. The van der Waals surface area contributed by atoms with E-state index in [0.29, 0.717) is 11.1 Å². The zero-order chi connectivity index (χ0) is 70.9. The van der Waals surface area contributed by atoms with Crippen molar-refractivity contribution < 1.29 is 78.0 Å². The van der Waals surface area contributed by atoms with E-state index in [9.17, 15) is 87.5 Å². The Morgan fingerprint density at radius 1 is 0.750 bits per heavy atom. The standard InChI is InChI=1S/C61H87N15O18S2/c1-32(2)21-43(67-48(81)28-74(20-18-64-54(87)44(63-7)25-62-6)49(82)29-75-27-33(3)52(85)73-61(75)94)60(93)76-19-8-9-46(76)58(91)71-45-31-96-95-30-34(4)66-59(92)51(35(5)77)72-47(80)26-65-53(86)40(22-36-10-14-38(78)15-11-36)68-55(88)41(23-37-12-16-39(79)17-13-37)69-56(89)42(24-50(83)84)70-57(45)90/h10-17,27,32,34-35,40-46,51,62-63,77-79H,8-9,18-26,28-31H2,1-7H3,(H,64,87)(H,65,86)(H,66,92)(H,67,81)(H,68,88)(H,69,89)(H,70,90)(H,71,91)(H,72,80)(H,83,84)(H,73,85,94)/t34-,35?,40+,41+,42+,43+,44?,45+,46+,51+/m1/s1. The molecule has 96 heavy (non-hydrogen) atoms. The Bertz CT molecular complexity index is 3370. The molecule has 2 unspecified atom stereocenters. The predicted molar refractivity (Wildman–Crippen MR) is 351 cm³/mol. The number of likely N-dealkylation sites (tertiary alicyclic amines) is 1. The molecule has 11 amide bonds. The van der Waals surface area contributed by atoms with Crippen LogP contribution in [0.1, 0.15) is 70.1 Å². The molecule has 526 valence electrons. The van der Waals surface area contributed by atoms with E-state index in [1.54, 1.807) is 34.9 Å². The Morgan fingerprint density at radius 2 is 1.34 bits per heavy atom. The summed E-state index contributed by atoms with van der Waals surface area (Å²) in [7, 11) is 5.32. The highest BCUT2D eigenvalue weighted by Gasteiger charge is 2.41. The van der Waals surface area contributed by atoms with Gasteiger partial charge in [0.15, 0.2) is 0 Å². The maximum absolute atomic E-state index is 14.8. The van der Waals surface area contributed by atoms with Crippen LogP contribution < -0.4 is 69.7 Å². The van der Waals surface area contributed by atoms with Gasteiger partial charge in [0.05, 0.1) is 31.7 Å². The van der Waals surface area contributed by atoms with Gasteiger partial charge in [-0.3, -0.25) is 71.9 Å². The van der Waals surface area contributed by atoms with Crippen LogP contribution in [0.2, 0.25) is 0 Å². The number of amides is 11. The molecule has 35 heteroatoms. The van der Waals surface area contributed by atoms with Crippen molar-refractivity contribution in [3.8, 4) is 11.5 Å². The fourth-order valence-corrected chi connectivity index (χ4v) is 12.7. The van der Waals surface area contributed by atoms with Crippen LogP contribution in [0.15, 0.2) is 64.3 Å². The number of carboxylic acid groups (broad SMARTS) is 1. The van der Waals surface area contributed by atoms with Gasteiger partial charge in [0.1, 0.15) is 60.3 Å². The van der Waals surface area contributed by atoms with Crippen molar-refractivity contribution in [1.29, 1.82) is 0 Å². The molecule has 2 aliphatic heterocycles. The van der Waals surface area contributed by atoms with Crippen molar-refractivity contribution in [3.05, 3.63) is 92.3 Å². The maximum Gasteiger partial charge on any atom is 0.328 e. The number of aliphatic carboxylic acids is 1. The number of carbonyl (C=O) groups excluding carboxylic acids is 11. The monoisotopic (exact) mass is 1380 g/mol. The van der Waals surface area contributed by atoms with Crippen LogP contribution in [0.3, 0.4) is 0 Å². The first-order chi connectivity index (χ1) is 45.5. The molecule has 10 atom stereocenters. The maximum atomic E-state index is 14.8. The van der Waals surface area contributed by atoms with Crippen molar-refractivity contribution in [2.24, 2.45) is 5.92 Å². The number of hydrogen-bond donors (Lipinski definition) is 16. The second-order valence-electron chi connectivity index (χ2n) is 23.7. The summed E-state index contributed by atoms with van der Waals surface area (Å²) in [6, 6.07) is -1.29. The lowest BCUT2D eigenvalue weighted by Crippen LogP contribution is -2.60. The van der Waals surface area contributed by atoms with Crippen molar-refractivity contribution in [2.45, 2.75) is 140 Å². The zero-order valence-electron chi connectivity index (χ0n) is 54.3. The van der Waals surface area contributed by atoms with Crippen molar-refractivity contribution in [3.63, 3.8) is 0 Å². The number of aryl methyl sites for hydroxylation is 1. The number of aliphatic hydroxyl groups excluding tert-OH is 1. The van der Waals surface area contributed by atoms with Gasteiger partial charge in [-0.15, -0.1) is 0 Å². The first-order valence-corrected chi connectivity index (χ1v) is 33.5. The molecule has 0 bridgehead atoms. The van der Waals surface area contributed by atoms with E-state index in [2.05, 4.69) is 63.5 Å². The average Bonchev–Trinajstić information content (AvgIpc) is 1.24. The number of rotatable bonds is 24. The quantitative estimate of drug-likeness (QED) is 0.0375. The van der Waals surface area contributed by atoms with Crippen molar-refractivity contribution in [2.75, 3.05) is 64.9 Å². The molecule has 2 aliphatic rings. The molecule has 5 rings (SSSR count). The molecule has 3 aromatic rings. The molecule has 3 heterocycles. The molecule has 2 saturated heterocycles. The number of carboxylic acids is 1. The number of aromatic hydroxyl groups is 2. The lowest BCUT2D eigenvalue weighted by Gasteiger charge is -2.31. The Labute approximate surface area is 560 Å². The number of phenolic OH excluding ortho intramolecular Hbond substituents is 2. The summed E-state index contributed by atoms with van der Waals surface area (Å²) in [6.07, 6.45) is -1.65. The molecular formula is C61H87N15O18S2. The summed E-state index contributed by atoms with van der Waals surface area (Å²) in [5.74, 6) is -12.0. The molecule has 1 aromatic heterocycles. The molecule has 0 spiro atoms. The van der Waals surface area contributed by atoms with Crippen molar-refractivity contribution >= 4 is 92.5 Å². The first-order valence-electron chi connectivity index (χ1n) is 31.0. The Hall–Kier alpha value is -9.06. The summed E-state index contributed by atoms with van der Waals surface area (Å²) in [5.41, 5.74) is -0.708. The van der Waals surface area contributed by atoms with Crippen LogP contribution in [0.5, 0.6) is 11.5 Å². The van der Waals surface area contributed by atoms with Crippen LogP contribution >= 0.6 is 21.6 Å². The third-order valence-corrected chi connectivity index (χ3v) is 17.9. The highest BCUT2D eigenvalue weighted by atomic mass is 33.1. The molecule has 2 aromatic carbocycles. The van der Waals surface area contributed by atoms with Gasteiger partial charge in [-0.1, -0.05) is 59.7 Å². The molecule has 0 aliphatic carbocycles. The minimum Gasteiger partial charge on any atom is -0.508 e. The smallest absolute Gasteiger partial charge is 0.328 e. The summed E-state index contributed by atoms with van der Waals surface area (Å²) >= 11 is 0. The lowest BCUT2D eigenvalue weighted by atomic mass is 10.0. The zero-order valence-corrected chi connectivity index (χ0v) is 55.9. The number of phenols is 2. The molecule has 16 N–H and O–H groups in total. The van der Waals surface area contributed by atoms with E-state index in [1.165, 1.54) is 73.5 Å². The van der Waals surface area contributed by atoms with Crippen molar-refractivity contribution in [1.82, 2.24) is 77.8 Å². The van der Waals surface area contributed by atoms with Crippen LogP contribution in [-0.4, -0.2) is 236 Å². The second kappa shape index (κ2) is 37.9. The van der Waals surface area contributed by atoms with E-state index in [1.807, 2.05) is 0 Å². The van der Waals surface area contributed by atoms with Crippen LogP contribution in [-0.2, 0) is 76.9 Å². The van der Waals surface area contributed by atoms with Gasteiger partial charge in [0.2, 0.25) is 65.0 Å². The molecule has 2 fully saturated rings. The van der Waals surface area contributed by atoms with Gasteiger partial charge in [-0.25, -0.2) is 4.79 Å². The first kappa shape index (κ1) is 77.6. The summed E-state index contributed by atoms with van der Waals surface area (Å²) in [4.78, 5) is 197. The number of nitrogens with zero attached hydrogens (tertiary/aromatic N) is 3. The van der Waals surface area contributed by atoms with E-state index in [0.717, 1.165) is 31.1 Å². The molecule has 0 radical (unpaired) electrons. The number of benzene rings is 2. The summed E-state index contributed by atoms with van der Waals surface area (Å²) in [6.45, 7) is 5.59. The topological polar surface area (TPSA) is 479 Å². The number of carbonyl (C=O) groups is 12. The van der Waals surface area contributed by atoms with Gasteiger partial charge in [0, 0.05) is 68.3 Å². The van der Waals surface area contributed by atoms with E-state index < -0.39 is 169 Å². The second-order valence-corrected chi connectivity index (χ2v) is 26.3. The van der Waals surface area contributed by atoms with Gasteiger partial charge < -0.3 is 88.7 Å². The lowest BCUT2D eigenvalue weighted by molar-refractivity contribution is -0.143. The van der Waals surface area contributed by atoms with Crippen LogP contribution in [0.4, 0.5) is 0 Å². The number of nitrogens with one attached hydrogen (secondary N) is 12. The highest BCUT2D eigenvalue weighted by Crippen LogP contribution is 2.25. The fraction of sp³-hybridized carbons (Fsp3) is 0.541. The number of aromatic amines is 1. The average molecular weight is 1380 g/mol. The Balaban J connectivity index is 1.45. The third kappa shape index (κ3) is 24.6. The molecular weight excluding hydrogens is 1290 g/mol. The molecule has 33 nitrogen and oxygen atoms in total. The summed E-state index contributed by atoms with van der Waals surface area (Å²) in [5, 5.41) is 69.5. The van der Waals surface area contributed by atoms with E-state index >= 15 is 0 Å². The minimum atomic E-state index is -1.96. The van der Waals surface area contributed by atoms with Gasteiger partial charge in [-0.2, -0.15) is 0 Å². The fourth-order valence-electron chi connectivity index (χ4n) is 10.2. The Morgan fingerprint density at radius 3 is 1.93 bits per heavy atom. The number of aliphatic hydroxyl groups is 1. The largest absolute Gasteiger partial charge is 0.508 e. The Kier molecular flexibility index (Phi) is 30.6. The van der Waals surface area contributed by atoms with Gasteiger partial charge in [-0.05, 0) is 95.4 Å². The SMILES string of the molecule is CNCC(NC)C(=O)NCCN(CC(=O)N[C@@H](CC(C)C)C(=O)N1CCC[C@H]1C(=O)N[C@H]1CSSC[C@@H](C)NC(=O)[C@H](C(C)O)NC(=O)CNC(=O)[C@H](Cc2ccc(O)cc2)NC(=O)[C@H](Cc2ccc(O)cc2)NC(=O)[C@H](CC(=O)O)NC1=O)C(=O)Cn1cc(C)c(=O)[nH]c1=O. The van der Waals surface area contributed by atoms with E-state index in [4.69, 9.17) is 0 Å². The highest BCUT2D eigenvalue weighted by molar-refractivity contribution is 8.76. The minimum absolute atomic E-state index is 0.00711. The predicted octanol–water partition coefficient (Wildman–Crippen LogP) is -4.69. The van der Waals surface area contributed by atoms with Gasteiger partial charge >= 0.3 is 11.7 Å². The number of hydrogen-bond acceptors (Lipinski definition) is 21. The van der Waals surface area contributed by atoms with Crippen LogP contribution in [0.25, 0.3) is 0 Å². The molecule has 0 saturated carbocycles.